The normalized spacial score (nSPS) is 11.1. The van der Waals surface area contributed by atoms with Gasteiger partial charge in [0, 0.05) is 16.4 Å². The maximum Gasteiger partial charge on any atom is 0.178 e. The Bertz CT molecular complexity index is 696. The molecular formula is C13H9BrFN3S. The van der Waals surface area contributed by atoms with Crippen molar-refractivity contribution in [3.8, 4) is 0 Å². The van der Waals surface area contributed by atoms with Gasteiger partial charge < -0.3 is 4.98 Å². The van der Waals surface area contributed by atoms with Crippen LogP contribution in [0.1, 0.15) is 5.56 Å². The minimum absolute atomic E-state index is 0.212. The first kappa shape index (κ1) is 12.6. The standard InChI is InChI=1S/C13H9BrFN3S/c14-9-4-3-8(10(15)6-9)7-19-13-17-11-2-1-5-16-12(11)18-13/h1-6H,7H2,(H,16,17,18). The fourth-order valence-electron chi connectivity index (χ4n) is 1.68. The molecule has 3 aromatic rings. The molecule has 1 aromatic carbocycles. The summed E-state index contributed by atoms with van der Waals surface area (Å²) < 4.78 is 14.4. The van der Waals surface area contributed by atoms with Crippen LogP contribution in [-0.2, 0) is 5.75 Å². The molecule has 2 aromatic heterocycles. The number of nitrogens with zero attached hydrogens (tertiary/aromatic N) is 2. The third kappa shape index (κ3) is 2.79. The highest BCUT2D eigenvalue weighted by Gasteiger charge is 2.07. The predicted octanol–water partition coefficient (Wildman–Crippen LogP) is 4.15. The first-order valence-electron chi connectivity index (χ1n) is 5.60. The minimum Gasteiger partial charge on any atom is -0.332 e. The summed E-state index contributed by atoms with van der Waals surface area (Å²) in [7, 11) is 0. The van der Waals surface area contributed by atoms with Crippen molar-refractivity contribution in [3.05, 3.63) is 52.4 Å². The zero-order valence-electron chi connectivity index (χ0n) is 9.73. The van der Waals surface area contributed by atoms with E-state index in [9.17, 15) is 4.39 Å². The van der Waals surface area contributed by atoms with Crippen LogP contribution in [0.15, 0.2) is 46.2 Å². The minimum atomic E-state index is -0.212. The van der Waals surface area contributed by atoms with Crippen molar-refractivity contribution < 1.29 is 4.39 Å². The molecule has 0 spiro atoms. The number of benzene rings is 1. The van der Waals surface area contributed by atoms with Gasteiger partial charge in [-0.2, -0.15) is 0 Å². The summed E-state index contributed by atoms with van der Waals surface area (Å²) in [4.78, 5) is 11.6. The molecule has 0 atom stereocenters. The summed E-state index contributed by atoms with van der Waals surface area (Å²) in [5.74, 6) is 0.315. The average molecular weight is 338 g/mol. The van der Waals surface area contributed by atoms with Crippen molar-refractivity contribution in [3.63, 3.8) is 0 Å². The number of hydrogen-bond acceptors (Lipinski definition) is 3. The Morgan fingerprint density at radius 1 is 1.32 bits per heavy atom. The summed E-state index contributed by atoms with van der Waals surface area (Å²) >= 11 is 4.70. The third-order valence-electron chi connectivity index (χ3n) is 2.62. The van der Waals surface area contributed by atoms with E-state index in [-0.39, 0.29) is 5.82 Å². The van der Waals surface area contributed by atoms with E-state index in [4.69, 9.17) is 0 Å². The molecule has 3 rings (SSSR count). The van der Waals surface area contributed by atoms with E-state index >= 15 is 0 Å². The second kappa shape index (κ2) is 5.30. The van der Waals surface area contributed by atoms with Gasteiger partial charge in [0.05, 0.1) is 5.52 Å². The molecule has 0 amide bonds. The molecule has 2 heterocycles. The number of H-pyrrole nitrogens is 1. The van der Waals surface area contributed by atoms with Crippen LogP contribution in [0.25, 0.3) is 11.2 Å². The molecule has 0 bridgehead atoms. The Kier molecular flexibility index (Phi) is 3.52. The third-order valence-corrected chi connectivity index (χ3v) is 4.03. The number of hydrogen-bond donors (Lipinski definition) is 1. The number of imidazole rings is 1. The molecular weight excluding hydrogens is 329 g/mol. The SMILES string of the molecule is Fc1cc(Br)ccc1CSc1nc2ncccc2[nH]1. The smallest absolute Gasteiger partial charge is 0.178 e. The summed E-state index contributed by atoms with van der Waals surface area (Å²) in [6.07, 6.45) is 1.70. The monoisotopic (exact) mass is 337 g/mol. The van der Waals surface area contributed by atoms with Gasteiger partial charge in [-0.05, 0) is 29.8 Å². The number of thioether (sulfide) groups is 1. The number of halogens is 2. The van der Waals surface area contributed by atoms with Crippen molar-refractivity contribution >= 4 is 38.9 Å². The molecule has 96 valence electrons. The van der Waals surface area contributed by atoms with Gasteiger partial charge >= 0.3 is 0 Å². The van der Waals surface area contributed by atoms with Gasteiger partial charge in [-0.15, -0.1) is 0 Å². The van der Waals surface area contributed by atoms with Crippen LogP contribution >= 0.6 is 27.7 Å². The molecule has 0 radical (unpaired) electrons. The first-order valence-corrected chi connectivity index (χ1v) is 7.38. The van der Waals surface area contributed by atoms with E-state index in [2.05, 4.69) is 30.9 Å². The highest BCUT2D eigenvalue weighted by molar-refractivity contribution is 9.10. The Balaban J connectivity index is 1.78. The summed E-state index contributed by atoms with van der Waals surface area (Å²) in [5, 5.41) is 0.746. The Hall–Kier alpha value is -1.40. The van der Waals surface area contributed by atoms with Gasteiger partial charge in [0.2, 0.25) is 0 Å². The molecule has 0 aliphatic rings. The van der Waals surface area contributed by atoms with Crippen LogP contribution in [0.5, 0.6) is 0 Å². The van der Waals surface area contributed by atoms with E-state index in [1.165, 1.54) is 17.8 Å². The quantitative estimate of drug-likeness (QED) is 0.730. The summed E-state index contributed by atoms with van der Waals surface area (Å²) in [6.45, 7) is 0. The van der Waals surface area contributed by atoms with E-state index in [0.717, 1.165) is 15.1 Å². The van der Waals surface area contributed by atoms with Gasteiger partial charge in [-0.25, -0.2) is 14.4 Å². The fourth-order valence-corrected chi connectivity index (χ4v) is 2.87. The Morgan fingerprint density at radius 2 is 2.21 bits per heavy atom. The lowest BCUT2D eigenvalue weighted by atomic mass is 10.2. The average Bonchev–Trinajstić information content (AvgIpc) is 2.80. The van der Waals surface area contributed by atoms with E-state index in [1.807, 2.05) is 18.2 Å². The number of aromatic amines is 1. The number of rotatable bonds is 3. The number of nitrogens with one attached hydrogen (secondary N) is 1. The van der Waals surface area contributed by atoms with Crippen LogP contribution in [0.2, 0.25) is 0 Å². The van der Waals surface area contributed by atoms with Gasteiger partial charge in [0.1, 0.15) is 5.82 Å². The number of fused-ring (bicyclic) bond motifs is 1. The van der Waals surface area contributed by atoms with Crippen LogP contribution < -0.4 is 0 Å². The zero-order chi connectivity index (χ0) is 13.2. The molecule has 0 unspecified atom stereocenters. The van der Waals surface area contributed by atoms with Crippen LogP contribution in [0.4, 0.5) is 4.39 Å². The lowest BCUT2D eigenvalue weighted by Crippen LogP contribution is -1.88. The largest absolute Gasteiger partial charge is 0.332 e. The molecule has 0 saturated carbocycles. The molecule has 3 nitrogen and oxygen atoms in total. The van der Waals surface area contributed by atoms with Gasteiger partial charge in [0.15, 0.2) is 10.8 Å². The fraction of sp³-hybridized carbons (Fsp3) is 0.0769. The van der Waals surface area contributed by atoms with Gasteiger partial charge in [-0.3, -0.25) is 0 Å². The molecule has 0 aliphatic heterocycles. The topological polar surface area (TPSA) is 41.6 Å². The highest BCUT2D eigenvalue weighted by Crippen LogP contribution is 2.24. The lowest BCUT2D eigenvalue weighted by Gasteiger charge is -2.01. The maximum atomic E-state index is 13.7. The van der Waals surface area contributed by atoms with Gasteiger partial charge in [-0.1, -0.05) is 33.8 Å². The zero-order valence-corrected chi connectivity index (χ0v) is 12.1. The number of pyridine rings is 1. The molecule has 0 fully saturated rings. The summed E-state index contributed by atoms with van der Waals surface area (Å²) in [5.41, 5.74) is 2.23. The highest BCUT2D eigenvalue weighted by atomic mass is 79.9. The second-order valence-corrected chi connectivity index (χ2v) is 5.82. The van der Waals surface area contributed by atoms with E-state index in [0.29, 0.717) is 17.0 Å². The lowest BCUT2D eigenvalue weighted by molar-refractivity contribution is 0.616. The molecule has 19 heavy (non-hydrogen) atoms. The summed E-state index contributed by atoms with van der Waals surface area (Å²) in [6, 6.07) is 8.84. The van der Waals surface area contributed by atoms with Crippen LogP contribution in [0.3, 0.4) is 0 Å². The van der Waals surface area contributed by atoms with Crippen molar-refractivity contribution in [2.75, 3.05) is 0 Å². The van der Waals surface area contributed by atoms with Crippen molar-refractivity contribution in [2.24, 2.45) is 0 Å². The number of aromatic nitrogens is 3. The van der Waals surface area contributed by atoms with Crippen LogP contribution in [0, 0.1) is 5.82 Å². The molecule has 0 saturated heterocycles. The Morgan fingerprint density at radius 3 is 3.00 bits per heavy atom. The molecule has 1 N–H and O–H groups in total. The van der Waals surface area contributed by atoms with E-state index in [1.54, 1.807) is 12.3 Å². The van der Waals surface area contributed by atoms with Crippen molar-refractivity contribution in [1.82, 2.24) is 15.0 Å². The van der Waals surface area contributed by atoms with Crippen molar-refractivity contribution in [1.29, 1.82) is 0 Å². The Labute approximate surface area is 121 Å². The maximum absolute atomic E-state index is 13.7. The van der Waals surface area contributed by atoms with Crippen LogP contribution in [-0.4, -0.2) is 15.0 Å². The second-order valence-electron chi connectivity index (χ2n) is 3.94. The van der Waals surface area contributed by atoms with Gasteiger partial charge in [0.25, 0.3) is 0 Å². The molecule has 0 aliphatic carbocycles. The van der Waals surface area contributed by atoms with E-state index < -0.39 is 0 Å². The van der Waals surface area contributed by atoms with Crippen molar-refractivity contribution in [2.45, 2.75) is 10.9 Å². The molecule has 6 heteroatoms. The predicted molar refractivity (Wildman–Crippen MR) is 77.5 cm³/mol. The first-order chi connectivity index (χ1) is 9.22.